The highest BCUT2D eigenvalue weighted by atomic mass is 16.5. The van der Waals surface area contributed by atoms with Crippen molar-refractivity contribution in [2.75, 3.05) is 26.4 Å². The molecular formula is C37H55NO5. The van der Waals surface area contributed by atoms with Crippen LogP contribution in [0.4, 0.5) is 0 Å². The topological polar surface area (TPSA) is 58.9 Å². The SMILES string of the molecule is CCCCCCCCCCCCCCn1c(-c2ccc(OCC)cc2)c(OCC)c(=O)c2c(OCC)cc(OCC)cc21. The molecule has 6 nitrogen and oxygen atoms in total. The Labute approximate surface area is 259 Å². The molecule has 0 spiro atoms. The summed E-state index contributed by atoms with van der Waals surface area (Å²) in [5.74, 6) is 2.40. The average Bonchev–Trinajstić information content (AvgIpc) is 3.00. The zero-order chi connectivity index (χ0) is 30.9. The lowest BCUT2D eigenvalue weighted by Crippen LogP contribution is -2.18. The van der Waals surface area contributed by atoms with Crippen LogP contribution in [0, 0.1) is 0 Å². The largest absolute Gasteiger partial charge is 0.494 e. The second-order valence-electron chi connectivity index (χ2n) is 11.1. The fraction of sp³-hybridized carbons (Fsp3) is 0.595. The van der Waals surface area contributed by atoms with Crippen LogP contribution in [0.1, 0.15) is 112 Å². The van der Waals surface area contributed by atoms with Crippen molar-refractivity contribution in [3.63, 3.8) is 0 Å². The van der Waals surface area contributed by atoms with Gasteiger partial charge in [-0.25, -0.2) is 0 Å². The van der Waals surface area contributed by atoms with Crippen LogP contribution in [0.15, 0.2) is 41.2 Å². The van der Waals surface area contributed by atoms with Crippen LogP contribution in [0.5, 0.6) is 23.0 Å². The van der Waals surface area contributed by atoms with E-state index in [2.05, 4.69) is 11.5 Å². The second-order valence-corrected chi connectivity index (χ2v) is 11.1. The first-order valence-corrected chi connectivity index (χ1v) is 17.0. The van der Waals surface area contributed by atoms with E-state index >= 15 is 0 Å². The van der Waals surface area contributed by atoms with E-state index in [1.807, 2.05) is 64.1 Å². The average molecular weight is 594 g/mol. The highest BCUT2D eigenvalue weighted by molar-refractivity contribution is 5.92. The molecule has 0 aliphatic heterocycles. The minimum atomic E-state index is -0.154. The van der Waals surface area contributed by atoms with Crippen molar-refractivity contribution in [3.8, 4) is 34.3 Å². The lowest BCUT2D eigenvalue weighted by atomic mass is 10.0. The Kier molecular flexibility index (Phi) is 15.3. The lowest BCUT2D eigenvalue weighted by molar-refractivity contribution is 0.324. The first kappa shape index (κ1) is 34.3. The van der Waals surface area contributed by atoms with E-state index in [1.54, 1.807) is 0 Å². The smallest absolute Gasteiger partial charge is 0.235 e. The number of aromatic nitrogens is 1. The summed E-state index contributed by atoms with van der Waals surface area (Å²) in [5.41, 5.74) is 2.37. The summed E-state index contributed by atoms with van der Waals surface area (Å²) in [6, 6.07) is 11.8. The Morgan fingerprint density at radius 2 is 1.12 bits per heavy atom. The van der Waals surface area contributed by atoms with Gasteiger partial charge in [0, 0.05) is 24.2 Å². The molecule has 3 aromatic rings. The van der Waals surface area contributed by atoms with Crippen LogP contribution in [0.3, 0.4) is 0 Å². The molecule has 0 bridgehead atoms. The third kappa shape index (κ3) is 9.94. The number of hydrogen-bond donors (Lipinski definition) is 0. The Balaban J connectivity index is 1.92. The molecule has 1 aromatic heterocycles. The van der Waals surface area contributed by atoms with Gasteiger partial charge in [-0.1, -0.05) is 77.6 Å². The van der Waals surface area contributed by atoms with E-state index in [0.717, 1.165) is 41.9 Å². The van der Waals surface area contributed by atoms with E-state index in [-0.39, 0.29) is 5.43 Å². The minimum absolute atomic E-state index is 0.154. The van der Waals surface area contributed by atoms with Crippen molar-refractivity contribution < 1.29 is 18.9 Å². The standard InChI is InChI=1S/C37H55NO5/c1-6-11-12-13-14-15-16-17-18-19-20-21-26-38-32-27-31(41-8-3)28-33(42-9-4)34(32)36(39)37(43-10-5)35(38)29-22-24-30(25-23-29)40-7-2/h22-25,27-28H,6-21,26H2,1-5H3. The van der Waals surface area contributed by atoms with Crippen molar-refractivity contribution >= 4 is 10.9 Å². The van der Waals surface area contributed by atoms with Crippen LogP contribution < -0.4 is 24.4 Å². The molecule has 0 saturated heterocycles. The van der Waals surface area contributed by atoms with Gasteiger partial charge in [-0.2, -0.15) is 0 Å². The number of benzene rings is 2. The number of aryl methyl sites for hydroxylation is 1. The van der Waals surface area contributed by atoms with Gasteiger partial charge in [0.25, 0.3) is 0 Å². The summed E-state index contributed by atoms with van der Waals surface area (Å²) in [7, 11) is 0. The molecule has 2 aromatic carbocycles. The molecule has 0 N–H and O–H groups in total. The van der Waals surface area contributed by atoms with Gasteiger partial charge in [0.15, 0.2) is 5.75 Å². The number of ether oxygens (including phenoxy) is 4. The van der Waals surface area contributed by atoms with Gasteiger partial charge in [-0.05, 0) is 58.4 Å². The summed E-state index contributed by atoms with van der Waals surface area (Å²) in [4.78, 5) is 14.1. The number of fused-ring (bicyclic) bond motifs is 1. The molecule has 0 fully saturated rings. The summed E-state index contributed by atoms with van der Waals surface area (Å²) in [6.07, 6.45) is 15.5. The van der Waals surface area contributed by atoms with E-state index in [4.69, 9.17) is 18.9 Å². The Morgan fingerprint density at radius 3 is 1.67 bits per heavy atom. The number of hydrogen-bond acceptors (Lipinski definition) is 5. The molecule has 0 aliphatic rings. The number of unbranched alkanes of at least 4 members (excludes halogenated alkanes) is 11. The molecule has 6 heteroatoms. The highest BCUT2D eigenvalue weighted by Crippen LogP contribution is 2.37. The molecule has 0 atom stereocenters. The van der Waals surface area contributed by atoms with Gasteiger partial charge < -0.3 is 23.5 Å². The molecule has 238 valence electrons. The maximum atomic E-state index is 14.1. The van der Waals surface area contributed by atoms with Crippen LogP contribution in [-0.4, -0.2) is 31.0 Å². The molecule has 3 rings (SSSR count). The minimum Gasteiger partial charge on any atom is -0.494 e. The van der Waals surface area contributed by atoms with Crippen molar-refractivity contribution in [1.29, 1.82) is 0 Å². The fourth-order valence-electron chi connectivity index (χ4n) is 5.78. The molecule has 0 unspecified atom stereocenters. The second kappa shape index (κ2) is 19.2. The first-order valence-electron chi connectivity index (χ1n) is 17.0. The Morgan fingerprint density at radius 1 is 0.581 bits per heavy atom. The van der Waals surface area contributed by atoms with Crippen molar-refractivity contribution in [3.05, 3.63) is 46.6 Å². The molecular weight excluding hydrogens is 538 g/mol. The fourth-order valence-corrected chi connectivity index (χ4v) is 5.78. The molecule has 0 aliphatic carbocycles. The van der Waals surface area contributed by atoms with E-state index < -0.39 is 0 Å². The van der Waals surface area contributed by atoms with E-state index in [1.165, 1.54) is 64.2 Å². The summed E-state index contributed by atoms with van der Waals surface area (Å²) in [6.45, 7) is 12.8. The highest BCUT2D eigenvalue weighted by Gasteiger charge is 2.23. The van der Waals surface area contributed by atoms with Crippen molar-refractivity contribution in [2.24, 2.45) is 0 Å². The van der Waals surface area contributed by atoms with Crippen LogP contribution in [0.2, 0.25) is 0 Å². The Hall–Kier alpha value is -3.15. The molecule has 0 saturated carbocycles. The first-order chi connectivity index (χ1) is 21.1. The van der Waals surface area contributed by atoms with Gasteiger partial charge in [0.2, 0.25) is 5.43 Å². The van der Waals surface area contributed by atoms with Crippen molar-refractivity contribution in [2.45, 2.75) is 118 Å². The number of rotatable bonds is 22. The van der Waals surface area contributed by atoms with Crippen molar-refractivity contribution in [1.82, 2.24) is 4.57 Å². The Bertz CT molecular complexity index is 1280. The lowest BCUT2D eigenvalue weighted by Gasteiger charge is -2.23. The maximum absolute atomic E-state index is 14.1. The quantitative estimate of drug-likeness (QED) is 0.109. The predicted octanol–water partition coefficient (Wildman–Crippen LogP) is 9.96. The third-order valence-electron chi connectivity index (χ3n) is 7.84. The third-order valence-corrected chi connectivity index (χ3v) is 7.84. The predicted molar refractivity (Wildman–Crippen MR) is 179 cm³/mol. The number of pyridine rings is 1. The van der Waals surface area contributed by atoms with Gasteiger partial charge in [0.1, 0.15) is 17.2 Å². The number of nitrogens with zero attached hydrogens (tertiary/aromatic N) is 1. The van der Waals surface area contributed by atoms with Gasteiger partial charge in [-0.3, -0.25) is 4.79 Å². The normalized spacial score (nSPS) is 11.2. The maximum Gasteiger partial charge on any atom is 0.235 e. The van der Waals surface area contributed by atoms with Gasteiger partial charge in [-0.15, -0.1) is 0 Å². The molecule has 1 heterocycles. The molecule has 0 amide bonds. The van der Waals surface area contributed by atoms with Crippen LogP contribution in [0.25, 0.3) is 22.2 Å². The molecule has 0 radical (unpaired) electrons. The summed E-state index contributed by atoms with van der Waals surface area (Å²) < 4.78 is 26.0. The zero-order valence-corrected chi connectivity index (χ0v) is 27.5. The van der Waals surface area contributed by atoms with E-state index in [0.29, 0.717) is 49.1 Å². The van der Waals surface area contributed by atoms with Crippen LogP contribution in [-0.2, 0) is 6.54 Å². The summed E-state index contributed by atoms with van der Waals surface area (Å²) in [5, 5.41) is 0.544. The van der Waals surface area contributed by atoms with Gasteiger partial charge in [0.05, 0.1) is 43.0 Å². The van der Waals surface area contributed by atoms with E-state index in [9.17, 15) is 4.79 Å². The molecule has 43 heavy (non-hydrogen) atoms. The zero-order valence-electron chi connectivity index (χ0n) is 27.5. The van der Waals surface area contributed by atoms with Crippen LogP contribution >= 0.6 is 0 Å². The van der Waals surface area contributed by atoms with Gasteiger partial charge >= 0.3 is 0 Å². The monoisotopic (exact) mass is 593 g/mol. The summed E-state index contributed by atoms with van der Waals surface area (Å²) >= 11 is 0.